The highest BCUT2D eigenvalue weighted by Crippen LogP contribution is 2.11. The van der Waals surface area contributed by atoms with Gasteiger partial charge in [0.15, 0.2) is 17.4 Å². The first-order chi connectivity index (χ1) is 16.3. The molecule has 0 aliphatic rings. The molecule has 0 radical (unpaired) electrons. The van der Waals surface area contributed by atoms with Gasteiger partial charge in [-0.25, -0.2) is 13.8 Å². The Morgan fingerprint density at radius 1 is 0.882 bits per heavy atom. The molecule has 0 saturated heterocycles. The van der Waals surface area contributed by atoms with Crippen molar-refractivity contribution in [3.8, 4) is 0 Å². The number of carbonyl (C=O) groups is 3. The van der Waals surface area contributed by atoms with E-state index in [1.54, 1.807) is 24.3 Å². The summed E-state index contributed by atoms with van der Waals surface area (Å²) in [6.45, 7) is 1.57. The fraction of sp³-hybridized carbons (Fsp3) is 0.130. The molecule has 2 amide bonds. The van der Waals surface area contributed by atoms with Crippen LogP contribution in [0, 0.1) is 11.6 Å². The van der Waals surface area contributed by atoms with Crippen molar-refractivity contribution in [3.63, 3.8) is 0 Å². The highest BCUT2D eigenvalue weighted by Gasteiger charge is 2.18. The Hall–Kier alpha value is -4.54. The molecule has 0 saturated carbocycles. The summed E-state index contributed by atoms with van der Waals surface area (Å²) >= 11 is 0. The Morgan fingerprint density at radius 3 is 2.26 bits per heavy atom. The smallest absolute Gasteiger partial charge is 0.270 e. The number of nitrogens with zero attached hydrogens (tertiary/aromatic N) is 4. The summed E-state index contributed by atoms with van der Waals surface area (Å²) in [6.07, 6.45) is 1.20. The van der Waals surface area contributed by atoms with Gasteiger partial charge in [0.25, 0.3) is 17.6 Å². The first-order valence-electron chi connectivity index (χ1n) is 10.1. The van der Waals surface area contributed by atoms with Crippen molar-refractivity contribution in [2.75, 3.05) is 0 Å². The van der Waals surface area contributed by atoms with Gasteiger partial charge in [0.05, 0.1) is 0 Å². The zero-order valence-electron chi connectivity index (χ0n) is 17.9. The molecule has 9 nitrogen and oxygen atoms in total. The Morgan fingerprint density at radius 2 is 1.56 bits per heavy atom. The second kappa shape index (κ2) is 9.53. The van der Waals surface area contributed by atoms with E-state index in [9.17, 15) is 23.2 Å². The Kier molecular flexibility index (Phi) is 6.35. The Labute approximate surface area is 191 Å². The summed E-state index contributed by atoms with van der Waals surface area (Å²) in [5.41, 5.74) is 1.61. The van der Waals surface area contributed by atoms with Crippen LogP contribution in [0.1, 0.15) is 49.4 Å². The molecule has 2 aromatic carbocycles. The minimum atomic E-state index is -1.02. The van der Waals surface area contributed by atoms with E-state index in [1.807, 2.05) is 0 Å². The van der Waals surface area contributed by atoms with E-state index >= 15 is 0 Å². The summed E-state index contributed by atoms with van der Waals surface area (Å²) in [5.74, 6) is -3.19. The number of aromatic nitrogens is 4. The van der Waals surface area contributed by atoms with Gasteiger partial charge < -0.3 is 10.6 Å². The number of benzene rings is 2. The lowest BCUT2D eigenvalue weighted by molar-refractivity contribution is 0.0940. The summed E-state index contributed by atoms with van der Waals surface area (Å²) in [5, 5.41) is 9.26. The van der Waals surface area contributed by atoms with E-state index < -0.39 is 23.4 Å². The van der Waals surface area contributed by atoms with Crippen molar-refractivity contribution < 1.29 is 23.2 Å². The SMILES string of the molecule is CC(=O)c1ccc(CNC(=O)c2cc(C(=O)NCc3ccc(F)c(F)c3)nc3ncnn23)cc1. The molecular formula is C23H18F2N6O3. The third kappa shape index (κ3) is 4.93. The molecule has 0 spiro atoms. The molecule has 0 fully saturated rings. The molecule has 0 aliphatic carbocycles. The van der Waals surface area contributed by atoms with Crippen molar-refractivity contribution in [1.29, 1.82) is 0 Å². The molecule has 172 valence electrons. The monoisotopic (exact) mass is 464 g/mol. The van der Waals surface area contributed by atoms with E-state index in [-0.39, 0.29) is 36.0 Å². The van der Waals surface area contributed by atoms with Crippen LogP contribution in [0.4, 0.5) is 8.78 Å². The molecule has 0 aliphatic heterocycles. The maximum absolute atomic E-state index is 13.4. The molecule has 2 N–H and O–H groups in total. The average molecular weight is 464 g/mol. The van der Waals surface area contributed by atoms with Crippen LogP contribution in [-0.2, 0) is 13.1 Å². The van der Waals surface area contributed by atoms with Crippen molar-refractivity contribution in [2.24, 2.45) is 0 Å². The minimum Gasteiger partial charge on any atom is -0.347 e. The van der Waals surface area contributed by atoms with Crippen LogP contribution in [0.2, 0.25) is 0 Å². The molecule has 2 heterocycles. The van der Waals surface area contributed by atoms with Gasteiger partial charge in [-0.2, -0.15) is 14.6 Å². The highest BCUT2D eigenvalue weighted by atomic mass is 19.2. The number of hydrogen-bond acceptors (Lipinski definition) is 6. The van der Waals surface area contributed by atoms with E-state index in [1.165, 1.54) is 29.9 Å². The number of halogens is 2. The van der Waals surface area contributed by atoms with Gasteiger partial charge in [-0.1, -0.05) is 30.3 Å². The number of rotatable bonds is 7. The minimum absolute atomic E-state index is 0.0285. The number of carbonyl (C=O) groups excluding carboxylic acids is 3. The molecule has 0 bridgehead atoms. The van der Waals surface area contributed by atoms with E-state index in [4.69, 9.17) is 0 Å². The lowest BCUT2D eigenvalue weighted by atomic mass is 10.1. The molecule has 0 unspecified atom stereocenters. The van der Waals surface area contributed by atoms with Crippen molar-refractivity contribution in [3.05, 3.63) is 94.6 Å². The lowest BCUT2D eigenvalue weighted by Gasteiger charge is -2.09. The number of fused-ring (bicyclic) bond motifs is 1. The maximum Gasteiger partial charge on any atom is 0.270 e. The van der Waals surface area contributed by atoms with Crippen LogP contribution in [0.15, 0.2) is 54.9 Å². The number of nitrogens with one attached hydrogen (secondary N) is 2. The van der Waals surface area contributed by atoms with Crippen LogP contribution in [-0.4, -0.2) is 37.2 Å². The summed E-state index contributed by atoms with van der Waals surface area (Å²) < 4.78 is 27.7. The van der Waals surface area contributed by atoms with Crippen molar-refractivity contribution in [1.82, 2.24) is 30.2 Å². The van der Waals surface area contributed by atoms with Gasteiger partial charge in [-0.15, -0.1) is 0 Å². The number of hydrogen-bond donors (Lipinski definition) is 2. The summed E-state index contributed by atoms with van der Waals surface area (Å²) in [6, 6.07) is 11.3. The summed E-state index contributed by atoms with van der Waals surface area (Å²) in [4.78, 5) is 44.9. The topological polar surface area (TPSA) is 118 Å². The second-order valence-corrected chi connectivity index (χ2v) is 7.37. The average Bonchev–Trinajstić information content (AvgIpc) is 3.31. The predicted molar refractivity (Wildman–Crippen MR) is 116 cm³/mol. The standard InChI is InChI=1S/C23H18F2N6O3/c1-13(32)16-5-2-14(3-6-16)10-27-22(34)20-9-19(30-23-28-12-29-31(20)23)21(33)26-11-15-4-7-17(24)18(25)8-15/h2-9,12H,10-11H2,1H3,(H,26,33)(H,27,34). The van der Waals surface area contributed by atoms with E-state index in [0.29, 0.717) is 11.1 Å². The van der Waals surface area contributed by atoms with Gasteiger partial charge in [0.2, 0.25) is 0 Å². The highest BCUT2D eigenvalue weighted by molar-refractivity contribution is 5.98. The lowest BCUT2D eigenvalue weighted by Crippen LogP contribution is -2.28. The third-order valence-electron chi connectivity index (χ3n) is 4.97. The molecule has 4 aromatic rings. The van der Waals surface area contributed by atoms with Crippen molar-refractivity contribution >= 4 is 23.4 Å². The Balaban J connectivity index is 1.49. The quantitative estimate of drug-likeness (QED) is 0.406. The fourth-order valence-electron chi connectivity index (χ4n) is 3.14. The third-order valence-corrected chi connectivity index (χ3v) is 4.97. The van der Waals surface area contributed by atoms with E-state index in [2.05, 4.69) is 25.7 Å². The first-order valence-corrected chi connectivity index (χ1v) is 10.1. The molecular weight excluding hydrogens is 446 g/mol. The normalized spacial score (nSPS) is 10.8. The number of ketones is 1. The second-order valence-electron chi connectivity index (χ2n) is 7.37. The number of Topliss-reactive ketones (excluding diaryl/α,β-unsaturated/α-hetero) is 1. The summed E-state index contributed by atoms with van der Waals surface area (Å²) in [7, 11) is 0. The van der Waals surface area contributed by atoms with Gasteiger partial charge in [-0.05, 0) is 30.2 Å². The van der Waals surface area contributed by atoms with Gasteiger partial charge in [0.1, 0.15) is 17.7 Å². The molecule has 2 aromatic heterocycles. The predicted octanol–water partition coefficient (Wildman–Crippen LogP) is 2.47. The molecule has 4 rings (SSSR count). The fourth-order valence-corrected chi connectivity index (χ4v) is 3.14. The largest absolute Gasteiger partial charge is 0.347 e. The van der Waals surface area contributed by atoms with Gasteiger partial charge in [0, 0.05) is 24.7 Å². The first kappa shape index (κ1) is 22.6. The van der Waals surface area contributed by atoms with Gasteiger partial charge >= 0.3 is 0 Å². The zero-order chi connectivity index (χ0) is 24.2. The Bertz CT molecular complexity index is 1400. The zero-order valence-corrected chi connectivity index (χ0v) is 17.9. The van der Waals surface area contributed by atoms with E-state index in [0.717, 1.165) is 17.7 Å². The van der Waals surface area contributed by atoms with Crippen LogP contribution in [0.5, 0.6) is 0 Å². The van der Waals surface area contributed by atoms with Crippen LogP contribution in [0.3, 0.4) is 0 Å². The molecule has 11 heteroatoms. The van der Waals surface area contributed by atoms with Crippen LogP contribution in [0.25, 0.3) is 5.78 Å². The number of amides is 2. The molecule has 34 heavy (non-hydrogen) atoms. The van der Waals surface area contributed by atoms with Crippen LogP contribution < -0.4 is 10.6 Å². The van der Waals surface area contributed by atoms with Gasteiger partial charge in [-0.3, -0.25) is 14.4 Å². The maximum atomic E-state index is 13.4. The molecule has 0 atom stereocenters. The van der Waals surface area contributed by atoms with Crippen molar-refractivity contribution in [2.45, 2.75) is 20.0 Å². The van der Waals surface area contributed by atoms with Crippen LogP contribution >= 0.6 is 0 Å².